The zero-order valence-electron chi connectivity index (χ0n) is 5.13. The molecule has 0 aromatic carbocycles. The van der Waals surface area contributed by atoms with Crippen LogP contribution in [-0.2, 0) is 9.53 Å². The van der Waals surface area contributed by atoms with Crippen molar-refractivity contribution >= 4 is 5.97 Å². The third-order valence-electron chi connectivity index (χ3n) is 1.16. The maximum atomic E-state index is 10.4. The van der Waals surface area contributed by atoms with Gasteiger partial charge in [-0.05, 0) is 12.5 Å². The van der Waals surface area contributed by atoms with E-state index in [1.54, 1.807) is 6.92 Å². The summed E-state index contributed by atoms with van der Waals surface area (Å²) in [5.41, 5.74) is 0.891. The Bertz CT molecular complexity index is 160. The van der Waals surface area contributed by atoms with Gasteiger partial charge in [0.2, 0.25) is 0 Å². The molecule has 1 N–H and O–H groups in total. The maximum Gasteiger partial charge on any atom is 0.340 e. The van der Waals surface area contributed by atoms with Gasteiger partial charge in [0.05, 0.1) is 6.26 Å². The van der Waals surface area contributed by atoms with E-state index in [-0.39, 0.29) is 0 Å². The molecule has 0 amide bonds. The Labute approximate surface area is 52.9 Å². The predicted octanol–water partition coefficient (Wildman–Crippen LogP) is 0.198. The number of hydrogen-bond acceptors (Lipinski definition) is 3. The van der Waals surface area contributed by atoms with Crippen molar-refractivity contribution in [3.05, 3.63) is 11.8 Å². The summed E-state index contributed by atoms with van der Waals surface area (Å²) >= 11 is 0. The van der Waals surface area contributed by atoms with Gasteiger partial charge in [-0.3, -0.25) is 0 Å². The number of carbonyl (C=O) groups is 1. The van der Waals surface area contributed by atoms with Gasteiger partial charge in [-0.25, -0.2) is 4.79 Å². The van der Waals surface area contributed by atoms with Gasteiger partial charge in [0.15, 0.2) is 6.10 Å². The first-order valence-electron chi connectivity index (χ1n) is 2.74. The summed E-state index contributed by atoms with van der Waals surface area (Å²) < 4.78 is 4.45. The summed E-state index contributed by atoms with van der Waals surface area (Å²) in [7, 11) is 0. The van der Waals surface area contributed by atoms with Crippen LogP contribution in [0.4, 0.5) is 0 Å². The predicted molar refractivity (Wildman–Crippen MR) is 30.5 cm³/mol. The molecule has 1 aliphatic heterocycles. The average Bonchev–Trinajstić information content (AvgIpc) is 1.80. The molecule has 9 heavy (non-hydrogen) atoms. The molecule has 0 aromatic rings. The standard InChI is InChI=1S/C6H8O3/c1-4-2-5(7)6(8)9-3-4/h3,5,7H,2H2,1H3. The fourth-order valence-electron chi connectivity index (χ4n) is 0.674. The highest BCUT2D eigenvalue weighted by atomic mass is 16.5. The number of carbonyl (C=O) groups excluding carboxylic acids is 1. The molecule has 0 radical (unpaired) electrons. The zero-order chi connectivity index (χ0) is 6.85. The zero-order valence-corrected chi connectivity index (χ0v) is 5.13. The highest BCUT2D eigenvalue weighted by Crippen LogP contribution is 2.11. The van der Waals surface area contributed by atoms with Gasteiger partial charge in [-0.2, -0.15) is 0 Å². The van der Waals surface area contributed by atoms with Crippen molar-refractivity contribution in [1.29, 1.82) is 0 Å². The number of esters is 1. The normalized spacial score (nSPS) is 27.1. The van der Waals surface area contributed by atoms with Crippen LogP contribution in [0.3, 0.4) is 0 Å². The third-order valence-corrected chi connectivity index (χ3v) is 1.16. The lowest BCUT2D eigenvalue weighted by Crippen LogP contribution is -2.24. The van der Waals surface area contributed by atoms with Gasteiger partial charge in [0.25, 0.3) is 0 Å². The number of hydrogen-bond donors (Lipinski definition) is 1. The lowest BCUT2D eigenvalue weighted by Gasteiger charge is -2.13. The molecular formula is C6H8O3. The third kappa shape index (κ3) is 1.29. The Morgan fingerprint density at radius 3 is 3.00 bits per heavy atom. The quantitative estimate of drug-likeness (QED) is 0.474. The summed E-state index contributed by atoms with van der Waals surface area (Å²) in [6.45, 7) is 1.80. The summed E-state index contributed by atoms with van der Waals surface area (Å²) in [5.74, 6) is -0.555. The molecular weight excluding hydrogens is 120 g/mol. The summed E-state index contributed by atoms with van der Waals surface area (Å²) in [6.07, 6.45) is 0.823. The number of aliphatic hydroxyl groups is 1. The maximum absolute atomic E-state index is 10.4. The van der Waals surface area contributed by atoms with Crippen molar-refractivity contribution in [3.63, 3.8) is 0 Å². The Hall–Kier alpha value is -0.830. The minimum absolute atomic E-state index is 0.402. The molecule has 1 unspecified atom stereocenters. The SMILES string of the molecule is CC1=COC(=O)C(O)C1. The van der Waals surface area contributed by atoms with Gasteiger partial charge in [0, 0.05) is 6.42 Å². The molecule has 0 saturated heterocycles. The van der Waals surface area contributed by atoms with Crippen LogP contribution in [-0.4, -0.2) is 17.2 Å². The van der Waals surface area contributed by atoms with E-state index in [2.05, 4.69) is 4.74 Å². The fraction of sp³-hybridized carbons (Fsp3) is 0.500. The largest absolute Gasteiger partial charge is 0.433 e. The van der Waals surface area contributed by atoms with Crippen LogP contribution in [0.25, 0.3) is 0 Å². The smallest absolute Gasteiger partial charge is 0.340 e. The van der Waals surface area contributed by atoms with E-state index >= 15 is 0 Å². The molecule has 1 heterocycles. The topological polar surface area (TPSA) is 46.5 Å². The van der Waals surface area contributed by atoms with Gasteiger partial charge < -0.3 is 9.84 Å². The number of rotatable bonds is 0. The first-order valence-corrected chi connectivity index (χ1v) is 2.74. The van der Waals surface area contributed by atoms with Crippen LogP contribution in [0.5, 0.6) is 0 Å². The van der Waals surface area contributed by atoms with E-state index in [9.17, 15) is 4.79 Å². The van der Waals surface area contributed by atoms with Gasteiger partial charge in [-0.1, -0.05) is 0 Å². The minimum Gasteiger partial charge on any atom is -0.433 e. The fourth-order valence-corrected chi connectivity index (χ4v) is 0.674. The Balaban J connectivity index is 2.65. The van der Waals surface area contributed by atoms with Crippen LogP contribution >= 0.6 is 0 Å². The molecule has 0 aliphatic carbocycles. The molecule has 3 nitrogen and oxygen atoms in total. The van der Waals surface area contributed by atoms with Crippen molar-refractivity contribution in [2.45, 2.75) is 19.4 Å². The van der Waals surface area contributed by atoms with Gasteiger partial charge in [0.1, 0.15) is 0 Å². The molecule has 0 aromatic heterocycles. The van der Waals surface area contributed by atoms with Crippen molar-refractivity contribution in [1.82, 2.24) is 0 Å². The molecule has 1 atom stereocenters. The summed E-state index contributed by atoms with van der Waals surface area (Å²) in [5, 5.41) is 8.83. The summed E-state index contributed by atoms with van der Waals surface area (Å²) in [6, 6.07) is 0. The Morgan fingerprint density at radius 1 is 1.89 bits per heavy atom. The van der Waals surface area contributed by atoms with Crippen molar-refractivity contribution < 1.29 is 14.6 Å². The second-order valence-electron chi connectivity index (χ2n) is 2.12. The molecule has 1 rings (SSSR count). The highest BCUT2D eigenvalue weighted by Gasteiger charge is 2.20. The number of cyclic esters (lactones) is 1. The lowest BCUT2D eigenvalue weighted by molar-refractivity contribution is -0.149. The highest BCUT2D eigenvalue weighted by molar-refractivity contribution is 5.76. The molecule has 0 saturated carbocycles. The van der Waals surface area contributed by atoms with E-state index in [4.69, 9.17) is 5.11 Å². The van der Waals surface area contributed by atoms with Gasteiger partial charge >= 0.3 is 5.97 Å². The minimum atomic E-state index is -0.949. The summed E-state index contributed by atoms with van der Waals surface area (Å²) in [4.78, 5) is 10.4. The monoisotopic (exact) mass is 128 g/mol. The Kier molecular flexibility index (Phi) is 1.53. The van der Waals surface area contributed by atoms with E-state index < -0.39 is 12.1 Å². The van der Waals surface area contributed by atoms with Crippen molar-refractivity contribution in [2.75, 3.05) is 0 Å². The first-order chi connectivity index (χ1) is 4.20. The van der Waals surface area contributed by atoms with E-state index in [1.807, 2.05) is 0 Å². The number of ether oxygens (including phenoxy) is 1. The van der Waals surface area contributed by atoms with Crippen LogP contribution in [0, 0.1) is 0 Å². The van der Waals surface area contributed by atoms with Crippen LogP contribution < -0.4 is 0 Å². The lowest BCUT2D eigenvalue weighted by atomic mass is 10.1. The molecule has 0 spiro atoms. The first kappa shape index (κ1) is 6.29. The van der Waals surface area contributed by atoms with Crippen molar-refractivity contribution in [3.8, 4) is 0 Å². The van der Waals surface area contributed by atoms with Crippen molar-refractivity contribution in [2.24, 2.45) is 0 Å². The molecule has 0 fully saturated rings. The van der Waals surface area contributed by atoms with E-state index in [1.165, 1.54) is 6.26 Å². The van der Waals surface area contributed by atoms with Crippen LogP contribution in [0.15, 0.2) is 11.8 Å². The molecule has 50 valence electrons. The second-order valence-corrected chi connectivity index (χ2v) is 2.12. The Morgan fingerprint density at radius 2 is 2.56 bits per heavy atom. The molecule has 0 bridgehead atoms. The molecule has 3 heteroatoms. The van der Waals surface area contributed by atoms with Crippen LogP contribution in [0.2, 0.25) is 0 Å². The average molecular weight is 128 g/mol. The number of aliphatic hydroxyl groups excluding tert-OH is 1. The second kappa shape index (κ2) is 2.19. The van der Waals surface area contributed by atoms with E-state index in [0.29, 0.717) is 6.42 Å². The van der Waals surface area contributed by atoms with Gasteiger partial charge in [-0.15, -0.1) is 0 Å². The van der Waals surface area contributed by atoms with E-state index in [0.717, 1.165) is 5.57 Å². The van der Waals surface area contributed by atoms with Crippen LogP contribution in [0.1, 0.15) is 13.3 Å². The molecule has 1 aliphatic rings.